The van der Waals surface area contributed by atoms with Crippen LogP contribution >= 0.6 is 11.8 Å². The number of nitrogens with two attached hydrogens (primary N) is 1. The minimum Gasteiger partial charge on any atom is -0.384 e. The van der Waals surface area contributed by atoms with Crippen molar-refractivity contribution in [3.8, 4) is 0 Å². The molecule has 1 fully saturated rings. The number of anilines is 1. The maximum absolute atomic E-state index is 12.1. The van der Waals surface area contributed by atoms with E-state index < -0.39 is 0 Å². The SMILES string of the molecule is Cc1cc(N)nc(S[C@H](C)C(=O)NCC2CCCCC2)n1. The minimum atomic E-state index is -0.213. The number of nitrogens with zero attached hydrogens (tertiary/aromatic N) is 2. The summed E-state index contributed by atoms with van der Waals surface area (Å²) in [5.41, 5.74) is 6.52. The van der Waals surface area contributed by atoms with Crippen LogP contribution in [0.3, 0.4) is 0 Å². The fourth-order valence-electron chi connectivity index (χ4n) is 2.61. The molecule has 21 heavy (non-hydrogen) atoms. The summed E-state index contributed by atoms with van der Waals surface area (Å²) in [6.07, 6.45) is 6.39. The molecule has 1 saturated carbocycles. The van der Waals surface area contributed by atoms with Crippen molar-refractivity contribution in [3.05, 3.63) is 11.8 Å². The van der Waals surface area contributed by atoms with Gasteiger partial charge in [-0.15, -0.1) is 0 Å². The smallest absolute Gasteiger partial charge is 0.233 e. The summed E-state index contributed by atoms with van der Waals surface area (Å²) in [4.78, 5) is 20.6. The first-order valence-electron chi connectivity index (χ1n) is 7.60. The van der Waals surface area contributed by atoms with Crippen molar-refractivity contribution in [2.24, 2.45) is 5.92 Å². The van der Waals surface area contributed by atoms with Crippen molar-refractivity contribution in [3.63, 3.8) is 0 Å². The molecule has 1 heterocycles. The van der Waals surface area contributed by atoms with Gasteiger partial charge in [-0.05, 0) is 32.6 Å². The lowest BCUT2D eigenvalue weighted by Gasteiger charge is -2.22. The standard InChI is InChI=1S/C15H24N4OS/c1-10-8-13(16)19-15(18-10)21-11(2)14(20)17-9-12-6-4-3-5-7-12/h8,11-12H,3-7,9H2,1-2H3,(H,17,20)(H2,16,18,19)/t11-/m1/s1. The first kappa shape index (κ1) is 16.1. The summed E-state index contributed by atoms with van der Waals surface area (Å²) in [6, 6.07) is 1.72. The zero-order valence-electron chi connectivity index (χ0n) is 12.8. The van der Waals surface area contributed by atoms with Gasteiger partial charge in [0, 0.05) is 18.3 Å². The predicted molar refractivity (Wildman–Crippen MR) is 86.1 cm³/mol. The van der Waals surface area contributed by atoms with Gasteiger partial charge >= 0.3 is 0 Å². The average molecular weight is 308 g/mol. The molecule has 0 aromatic carbocycles. The van der Waals surface area contributed by atoms with E-state index in [1.54, 1.807) is 6.07 Å². The molecular weight excluding hydrogens is 284 g/mol. The number of carbonyl (C=O) groups excluding carboxylic acids is 1. The molecule has 0 saturated heterocycles. The molecule has 1 atom stereocenters. The van der Waals surface area contributed by atoms with Crippen LogP contribution in [-0.2, 0) is 4.79 Å². The highest BCUT2D eigenvalue weighted by molar-refractivity contribution is 8.00. The number of carbonyl (C=O) groups is 1. The van der Waals surface area contributed by atoms with Crippen LogP contribution in [0.25, 0.3) is 0 Å². The first-order valence-corrected chi connectivity index (χ1v) is 8.48. The van der Waals surface area contributed by atoms with Crippen molar-refractivity contribution < 1.29 is 4.79 Å². The molecule has 6 heteroatoms. The van der Waals surface area contributed by atoms with Gasteiger partial charge in [0.1, 0.15) is 5.82 Å². The second kappa shape index (κ2) is 7.64. The summed E-state index contributed by atoms with van der Waals surface area (Å²) in [5.74, 6) is 1.14. The molecule has 1 amide bonds. The van der Waals surface area contributed by atoms with Gasteiger partial charge in [-0.25, -0.2) is 9.97 Å². The highest BCUT2D eigenvalue weighted by Crippen LogP contribution is 2.24. The summed E-state index contributed by atoms with van der Waals surface area (Å²) >= 11 is 1.35. The summed E-state index contributed by atoms with van der Waals surface area (Å²) in [6.45, 7) is 4.54. The number of hydrogen-bond acceptors (Lipinski definition) is 5. The fourth-order valence-corrected chi connectivity index (χ4v) is 3.47. The lowest BCUT2D eigenvalue weighted by atomic mass is 9.89. The second-order valence-corrected chi connectivity index (χ2v) is 7.03. The van der Waals surface area contributed by atoms with E-state index in [1.807, 2.05) is 13.8 Å². The monoisotopic (exact) mass is 308 g/mol. The largest absolute Gasteiger partial charge is 0.384 e. The Morgan fingerprint density at radius 3 is 2.81 bits per heavy atom. The van der Waals surface area contributed by atoms with Crippen LogP contribution in [-0.4, -0.2) is 27.7 Å². The molecule has 0 unspecified atom stereocenters. The molecule has 5 nitrogen and oxygen atoms in total. The number of rotatable bonds is 5. The molecule has 2 rings (SSSR count). The molecule has 0 bridgehead atoms. The van der Waals surface area contributed by atoms with Gasteiger partial charge in [-0.1, -0.05) is 31.0 Å². The Labute approximate surface area is 130 Å². The number of nitrogens with one attached hydrogen (secondary N) is 1. The van der Waals surface area contributed by atoms with E-state index in [1.165, 1.54) is 43.9 Å². The molecule has 116 valence electrons. The predicted octanol–water partition coefficient (Wildman–Crippen LogP) is 2.54. The van der Waals surface area contributed by atoms with Crippen LogP contribution in [0.4, 0.5) is 5.82 Å². The molecule has 3 N–H and O–H groups in total. The lowest BCUT2D eigenvalue weighted by molar-refractivity contribution is -0.120. The minimum absolute atomic E-state index is 0.0502. The number of amides is 1. The summed E-state index contributed by atoms with van der Waals surface area (Å²) in [7, 11) is 0. The van der Waals surface area contributed by atoms with Crippen LogP contribution < -0.4 is 11.1 Å². The maximum atomic E-state index is 12.1. The molecule has 0 aliphatic heterocycles. The fraction of sp³-hybridized carbons (Fsp3) is 0.667. The lowest BCUT2D eigenvalue weighted by Crippen LogP contribution is -2.35. The molecule has 0 radical (unpaired) electrons. The van der Waals surface area contributed by atoms with E-state index in [2.05, 4.69) is 15.3 Å². The Balaban J connectivity index is 1.81. The number of hydrogen-bond donors (Lipinski definition) is 2. The third-order valence-electron chi connectivity index (χ3n) is 3.79. The zero-order valence-corrected chi connectivity index (χ0v) is 13.6. The Morgan fingerprint density at radius 2 is 2.14 bits per heavy atom. The third kappa shape index (κ3) is 5.19. The van der Waals surface area contributed by atoms with Crippen molar-refractivity contribution in [2.45, 2.75) is 56.4 Å². The van der Waals surface area contributed by atoms with E-state index in [9.17, 15) is 4.79 Å². The van der Waals surface area contributed by atoms with Gasteiger partial charge in [0.05, 0.1) is 5.25 Å². The highest BCUT2D eigenvalue weighted by Gasteiger charge is 2.19. The Bertz CT molecular complexity index is 468. The van der Waals surface area contributed by atoms with E-state index >= 15 is 0 Å². The van der Waals surface area contributed by atoms with Crippen LogP contribution in [0.15, 0.2) is 11.2 Å². The average Bonchev–Trinajstić information content (AvgIpc) is 2.44. The van der Waals surface area contributed by atoms with Crippen LogP contribution in [0, 0.1) is 12.8 Å². The number of thioether (sulfide) groups is 1. The number of nitrogen functional groups attached to an aromatic ring is 1. The van der Waals surface area contributed by atoms with Crippen LogP contribution in [0.5, 0.6) is 0 Å². The highest BCUT2D eigenvalue weighted by atomic mass is 32.2. The van der Waals surface area contributed by atoms with Gasteiger partial charge in [-0.2, -0.15) is 0 Å². The Kier molecular flexibility index (Phi) is 5.85. The number of aryl methyl sites for hydroxylation is 1. The maximum Gasteiger partial charge on any atom is 0.233 e. The van der Waals surface area contributed by atoms with E-state index in [-0.39, 0.29) is 11.2 Å². The molecule has 1 aromatic rings. The van der Waals surface area contributed by atoms with Gasteiger partial charge in [0.15, 0.2) is 5.16 Å². The van der Waals surface area contributed by atoms with Crippen LogP contribution in [0.1, 0.15) is 44.7 Å². The molecule has 1 aliphatic rings. The van der Waals surface area contributed by atoms with Crippen molar-refractivity contribution >= 4 is 23.5 Å². The van der Waals surface area contributed by atoms with E-state index in [0.29, 0.717) is 16.9 Å². The van der Waals surface area contributed by atoms with Crippen LogP contribution in [0.2, 0.25) is 0 Å². The van der Waals surface area contributed by atoms with Crippen molar-refractivity contribution in [2.75, 3.05) is 12.3 Å². The normalized spacial score (nSPS) is 17.4. The Morgan fingerprint density at radius 1 is 1.43 bits per heavy atom. The van der Waals surface area contributed by atoms with Gasteiger partial charge in [0.2, 0.25) is 5.91 Å². The summed E-state index contributed by atoms with van der Waals surface area (Å²) in [5, 5.41) is 3.40. The molecule has 1 aliphatic carbocycles. The molecular formula is C15H24N4OS. The van der Waals surface area contributed by atoms with E-state index in [4.69, 9.17) is 5.73 Å². The van der Waals surface area contributed by atoms with E-state index in [0.717, 1.165) is 12.2 Å². The molecule has 0 spiro atoms. The topological polar surface area (TPSA) is 80.9 Å². The second-order valence-electron chi connectivity index (χ2n) is 5.73. The van der Waals surface area contributed by atoms with Crippen molar-refractivity contribution in [1.29, 1.82) is 0 Å². The van der Waals surface area contributed by atoms with Gasteiger partial charge in [0.25, 0.3) is 0 Å². The number of aromatic nitrogens is 2. The van der Waals surface area contributed by atoms with Crippen molar-refractivity contribution in [1.82, 2.24) is 15.3 Å². The molecule has 1 aromatic heterocycles. The summed E-state index contributed by atoms with van der Waals surface area (Å²) < 4.78 is 0. The zero-order chi connectivity index (χ0) is 15.2. The van der Waals surface area contributed by atoms with Gasteiger partial charge in [-0.3, -0.25) is 4.79 Å². The third-order valence-corrected chi connectivity index (χ3v) is 4.76. The Hall–Kier alpha value is -1.30. The first-order chi connectivity index (χ1) is 10.0. The quantitative estimate of drug-likeness (QED) is 0.645. The van der Waals surface area contributed by atoms with Gasteiger partial charge < -0.3 is 11.1 Å².